The van der Waals surface area contributed by atoms with Crippen LogP contribution in [0.1, 0.15) is 27.0 Å². The summed E-state index contributed by atoms with van der Waals surface area (Å²) in [5, 5.41) is 10.7. The molecule has 3 aromatic rings. The maximum atomic E-state index is 14.5. The molecular weight excluding hydrogens is 446 g/mol. The lowest BCUT2D eigenvalue weighted by atomic mass is 9.87. The number of hydrogen-bond acceptors (Lipinski definition) is 3. The Hall–Kier alpha value is -2.55. The van der Waals surface area contributed by atoms with Crippen LogP contribution in [0.5, 0.6) is 5.75 Å². The van der Waals surface area contributed by atoms with Crippen LogP contribution in [0.25, 0.3) is 22.2 Å². The molecule has 0 saturated heterocycles. The molecule has 2 aromatic carbocycles. The van der Waals surface area contributed by atoms with Crippen LogP contribution in [0.2, 0.25) is 0 Å². The second kappa shape index (κ2) is 6.23. The first-order chi connectivity index (χ1) is 13.1. The zero-order valence-corrected chi connectivity index (χ0v) is 15.9. The average molecular weight is 458 g/mol. The maximum Gasteiger partial charge on any atom is 0.419 e. The summed E-state index contributed by atoms with van der Waals surface area (Å²) in [6.07, 6.45) is -3.91. The largest absolute Gasteiger partial charge is 0.506 e. The highest BCUT2D eigenvalue weighted by Crippen LogP contribution is 2.47. The molecule has 0 unspecified atom stereocenters. The summed E-state index contributed by atoms with van der Waals surface area (Å²) in [7, 11) is 1.19. The predicted molar refractivity (Wildman–Crippen MR) is 96.8 cm³/mol. The summed E-state index contributed by atoms with van der Waals surface area (Å²) in [5.41, 5.74) is 0.612. The van der Waals surface area contributed by atoms with Crippen molar-refractivity contribution in [1.29, 1.82) is 0 Å². The number of carbonyl (C=O) groups excluding carboxylic acids is 1. The Kier molecular flexibility index (Phi) is 4.18. The number of rotatable bonds is 1. The fourth-order valence-electron chi connectivity index (χ4n) is 3.66. The highest BCUT2D eigenvalue weighted by atomic mass is 79.9. The van der Waals surface area contributed by atoms with Gasteiger partial charge in [-0.05, 0) is 52.0 Å². The van der Waals surface area contributed by atoms with Gasteiger partial charge in [-0.1, -0.05) is 6.07 Å². The Morgan fingerprint density at radius 2 is 2.00 bits per heavy atom. The predicted octanol–water partition coefficient (Wildman–Crippen LogP) is 5.35. The molecule has 1 aliphatic carbocycles. The number of aromatic nitrogens is 1. The van der Waals surface area contributed by atoms with Crippen molar-refractivity contribution in [2.75, 3.05) is 7.11 Å². The Morgan fingerprint density at radius 3 is 2.64 bits per heavy atom. The summed E-state index contributed by atoms with van der Waals surface area (Å²) in [4.78, 5) is 14.6. The van der Waals surface area contributed by atoms with E-state index < -0.39 is 23.5 Å². The van der Waals surface area contributed by atoms with E-state index in [1.165, 1.54) is 19.2 Å². The Bertz CT molecular complexity index is 1150. The zero-order chi connectivity index (χ0) is 20.4. The van der Waals surface area contributed by atoms with Crippen LogP contribution in [0.4, 0.5) is 17.6 Å². The molecule has 0 aliphatic heterocycles. The third-order valence-electron chi connectivity index (χ3n) is 4.95. The second-order valence-electron chi connectivity index (χ2n) is 6.44. The van der Waals surface area contributed by atoms with E-state index in [-0.39, 0.29) is 21.3 Å². The van der Waals surface area contributed by atoms with Crippen LogP contribution < -0.4 is 0 Å². The van der Waals surface area contributed by atoms with Crippen LogP contribution in [0.3, 0.4) is 0 Å². The average Bonchev–Trinajstić information content (AvgIpc) is 3.02. The number of aryl methyl sites for hydroxylation is 2. The number of carbonyl (C=O) groups is 1. The number of phenols is 1. The first-order valence-corrected chi connectivity index (χ1v) is 8.97. The molecule has 0 radical (unpaired) electrons. The van der Waals surface area contributed by atoms with Crippen molar-refractivity contribution >= 4 is 32.8 Å². The van der Waals surface area contributed by atoms with Crippen LogP contribution in [-0.2, 0) is 23.8 Å². The fourth-order valence-corrected chi connectivity index (χ4v) is 4.33. The van der Waals surface area contributed by atoms with Crippen molar-refractivity contribution in [3.63, 3.8) is 0 Å². The summed E-state index contributed by atoms with van der Waals surface area (Å²) in [5.74, 6) is -2.44. The molecule has 1 heterocycles. The third-order valence-corrected chi connectivity index (χ3v) is 5.72. The number of aromatic amines is 1. The Morgan fingerprint density at radius 1 is 1.29 bits per heavy atom. The molecule has 1 aromatic heterocycles. The monoisotopic (exact) mass is 457 g/mol. The van der Waals surface area contributed by atoms with Gasteiger partial charge in [-0.3, -0.25) is 0 Å². The standard InChI is InChI=1S/C19H12BrF4NO3/c1-28-18(27)10-6-7-2-3-8-9-4-5-11(19(22,23)24)14(21)16(9)25-15(8)12(7)13(20)17(10)26/h4-6,25-26H,2-3H2,1H3. The summed E-state index contributed by atoms with van der Waals surface area (Å²) in [6.45, 7) is 0. The van der Waals surface area contributed by atoms with Crippen molar-refractivity contribution in [3.05, 3.63) is 50.7 Å². The molecule has 146 valence electrons. The molecule has 1 aliphatic rings. The Labute approximate surface area is 164 Å². The number of aromatic hydroxyl groups is 1. The third kappa shape index (κ3) is 2.60. The molecule has 4 nitrogen and oxygen atoms in total. The first kappa shape index (κ1) is 18.8. The molecule has 0 fully saturated rings. The molecule has 0 amide bonds. The molecule has 4 rings (SSSR count). The van der Waals surface area contributed by atoms with Gasteiger partial charge in [0.05, 0.1) is 28.4 Å². The molecule has 0 saturated carbocycles. The van der Waals surface area contributed by atoms with Gasteiger partial charge in [-0.15, -0.1) is 0 Å². The van der Waals surface area contributed by atoms with Gasteiger partial charge in [0.1, 0.15) is 11.3 Å². The van der Waals surface area contributed by atoms with Gasteiger partial charge in [0, 0.05) is 10.9 Å². The Balaban J connectivity index is 2.00. The molecular formula is C19H12BrF4NO3. The lowest BCUT2D eigenvalue weighted by molar-refractivity contribution is -0.139. The quantitative estimate of drug-likeness (QED) is 0.382. The molecule has 2 N–H and O–H groups in total. The number of ether oxygens (including phenoxy) is 1. The summed E-state index contributed by atoms with van der Waals surface area (Å²) in [6, 6.07) is 3.46. The van der Waals surface area contributed by atoms with E-state index >= 15 is 0 Å². The van der Waals surface area contributed by atoms with Crippen molar-refractivity contribution < 1.29 is 32.2 Å². The van der Waals surface area contributed by atoms with E-state index in [0.29, 0.717) is 40.6 Å². The van der Waals surface area contributed by atoms with Crippen molar-refractivity contribution in [3.8, 4) is 17.0 Å². The van der Waals surface area contributed by atoms with Gasteiger partial charge >= 0.3 is 12.1 Å². The van der Waals surface area contributed by atoms with Crippen LogP contribution in [0.15, 0.2) is 22.7 Å². The number of benzene rings is 2. The topological polar surface area (TPSA) is 62.3 Å². The lowest BCUT2D eigenvalue weighted by Gasteiger charge is -2.20. The molecule has 0 spiro atoms. The van der Waals surface area contributed by atoms with E-state index in [0.717, 1.165) is 6.07 Å². The van der Waals surface area contributed by atoms with Gasteiger partial charge in [0.2, 0.25) is 0 Å². The summed E-state index contributed by atoms with van der Waals surface area (Å²) >= 11 is 3.25. The van der Waals surface area contributed by atoms with Crippen LogP contribution in [0, 0.1) is 5.82 Å². The highest BCUT2D eigenvalue weighted by molar-refractivity contribution is 9.10. The number of fused-ring (bicyclic) bond motifs is 5. The van der Waals surface area contributed by atoms with E-state index in [4.69, 9.17) is 0 Å². The SMILES string of the molecule is COC(=O)c1cc2c(c(Br)c1O)-c1[nH]c3c(F)c(C(F)(F)F)ccc3c1CC2. The number of halogens is 5. The number of methoxy groups -OCH3 is 1. The number of H-pyrrole nitrogens is 1. The van der Waals surface area contributed by atoms with Gasteiger partial charge in [-0.2, -0.15) is 13.2 Å². The summed E-state index contributed by atoms with van der Waals surface area (Å²) < 4.78 is 58.5. The van der Waals surface area contributed by atoms with Crippen LogP contribution in [-0.4, -0.2) is 23.2 Å². The smallest absolute Gasteiger partial charge is 0.419 e. The number of alkyl halides is 3. The molecule has 28 heavy (non-hydrogen) atoms. The van der Waals surface area contributed by atoms with Gasteiger partial charge in [-0.25, -0.2) is 9.18 Å². The first-order valence-electron chi connectivity index (χ1n) is 8.18. The lowest BCUT2D eigenvalue weighted by Crippen LogP contribution is -2.09. The molecule has 0 bridgehead atoms. The van der Waals surface area contributed by atoms with Gasteiger partial charge in [0.25, 0.3) is 0 Å². The van der Waals surface area contributed by atoms with E-state index in [1.54, 1.807) is 0 Å². The van der Waals surface area contributed by atoms with Gasteiger partial charge < -0.3 is 14.8 Å². The number of esters is 1. The van der Waals surface area contributed by atoms with Crippen molar-refractivity contribution in [2.45, 2.75) is 19.0 Å². The normalized spacial score (nSPS) is 13.4. The van der Waals surface area contributed by atoms with Gasteiger partial charge in [0.15, 0.2) is 5.82 Å². The highest BCUT2D eigenvalue weighted by Gasteiger charge is 2.36. The molecule has 0 atom stereocenters. The van der Waals surface area contributed by atoms with Crippen LogP contribution >= 0.6 is 15.9 Å². The number of hydrogen-bond donors (Lipinski definition) is 2. The minimum Gasteiger partial charge on any atom is -0.506 e. The van der Waals surface area contributed by atoms with Crippen molar-refractivity contribution in [1.82, 2.24) is 4.98 Å². The van der Waals surface area contributed by atoms with E-state index in [2.05, 4.69) is 25.7 Å². The second-order valence-corrected chi connectivity index (χ2v) is 7.23. The molecule has 9 heteroatoms. The number of nitrogens with one attached hydrogen (secondary N) is 1. The van der Waals surface area contributed by atoms with Crippen molar-refractivity contribution in [2.24, 2.45) is 0 Å². The minimum absolute atomic E-state index is 0.0294. The van der Waals surface area contributed by atoms with E-state index in [9.17, 15) is 27.5 Å². The maximum absolute atomic E-state index is 14.5. The number of phenolic OH excluding ortho intramolecular Hbond substituents is 1. The zero-order valence-electron chi connectivity index (χ0n) is 14.3. The van der Waals surface area contributed by atoms with E-state index in [1.807, 2.05) is 0 Å². The minimum atomic E-state index is -4.81. The fraction of sp³-hybridized carbons (Fsp3) is 0.211.